The Morgan fingerprint density at radius 2 is 1.66 bits per heavy atom. The number of amides is 2. The normalized spacial score (nSPS) is 35.6. The third-order valence-electron chi connectivity index (χ3n) is 7.47. The predicted octanol–water partition coefficient (Wildman–Crippen LogP) is 1.88. The summed E-state index contributed by atoms with van der Waals surface area (Å²) in [5.74, 6) is 3.06. The Bertz CT molecular complexity index is 755. The molecule has 156 valence electrons. The van der Waals surface area contributed by atoms with E-state index in [0.717, 1.165) is 24.3 Å². The van der Waals surface area contributed by atoms with E-state index in [-0.39, 0.29) is 29.9 Å². The van der Waals surface area contributed by atoms with Crippen LogP contribution in [0.4, 0.5) is 5.69 Å². The van der Waals surface area contributed by atoms with Crippen molar-refractivity contribution in [3.8, 4) is 5.75 Å². The van der Waals surface area contributed by atoms with Gasteiger partial charge in [0.15, 0.2) is 6.04 Å². The number of anilines is 1. The maximum absolute atomic E-state index is 12.8. The Balaban J connectivity index is 1.14. The minimum atomic E-state index is -0.343. The van der Waals surface area contributed by atoms with Crippen molar-refractivity contribution in [2.45, 2.75) is 56.6 Å². The summed E-state index contributed by atoms with van der Waals surface area (Å²) in [5, 5.41) is 1.99. The van der Waals surface area contributed by atoms with E-state index in [9.17, 15) is 9.59 Å². The smallest absolute Gasteiger partial charge is 0.292 e. The molecule has 1 atom stereocenters. The molecule has 4 bridgehead atoms. The molecule has 1 aromatic carbocycles. The first-order valence-electron chi connectivity index (χ1n) is 11.0. The van der Waals surface area contributed by atoms with Crippen molar-refractivity contribution in [3.05, 3.63) is 24.3 Å². The Morgan fingerprint density at radius 1 is 1.03 bits per heavy atom. The van der Waals surface area contributed by atoms with Crippen LogP contribution < -0.4 is 15.0 Å². The predicted molar refractivity (Wildman–Crippen MR) is 108 cm³/mol. The molecule has 6 nitrogen and oxygen atoms in total. The van der Waals surface area contributed by atoms with Crippen LogP contribution in [0.1, 0.15) is 44.9 Å². The quantitative estimate of drug-likeness (QED) is 0.561. The molecule has 0 spiro atoms. The number of rotatable bonds is 7. The zero-order valence-electron chi connectivity index (χ0n) is 17.1. The molecule has 1 saturated heterocycles. The van der Waals surface area contributed by atoms with E-state index in [2.05, 4.69) is 0 Å². The third-order valence-corrected chi connectivity index (χ3v) is 7.47. The van der Waals surface area contributed by atoms with Crippen LogP contribution in [0.3, 0.4) is 0 Å². The fraction of sp³-hybridized carbons (Fsp3) is 0.652. The number of carbonyl (C=O) groups excluding carboxylic acids is 2. The largest absolute Gasteiger partial charge is 0.497 e. The monoisotopic (exact) mass is 399 g/mol. The number of ether oxygens (including phenoxy) is 2. The van der Waals surface area contributed by atoms with Gasteiger partial charge in [0.05, 0.1) is 38.0 Å². The molecule has 0 radical (unpaired) electrons. The van der Waals surface area contributed by atoms with Crippen molar-refractivity contribution in [1.29, 1.82) is 0 Å². The molecule has 1 heterocycles. The van der Waals surface area contributed by atoms with Crippen molar-refractivity contribution in [2.75, 3.05) is 25.2 Å². The number of nitrogens with two attached hydrogens (primary N) is 1. The van der Waals surface area contributed by atoms with Gasteiger partial charge in [0.25, 0.3) is 5.91 Å². The number of benzene rings is 1. The van der Waals surface area contributed by atoms with Crippen LogP contribution in [0.15, 0.2) is 24.3 Å². The van der Waals surface area contributed by atoms with Crippen LogP contribution in [0.2, 0.25) is 0 Å². The summed E-state index contributed by atoms with van der Waals surface area (Å²) >= 11 is 0. The Labute approximate surface area is 171 Å². The summed E-state index contributed by atoms with van der Waals surface area (Å²) in [5.41, 5.74) is 0.717. The number of carbonyl (C=O) groups is 2. The van der Waals surface area contributed by atoms with Gasteiger partial charge in [-0.2, -0.15) is 0 Å². The molecule has 1 aromatic rings. The highest BCUT2D eigenvalue weighted by Crippen LogP contribution is 2.57. The molecule has 6 rings (SSSR count). The minimum Gasteiger partial charge on any atom is -0.497 e. The van der Waals surface area contributed by atoms with Gasteiger partial charge in [-0.15, -0.1) is 0 Å². The van der Waals surface area contributed by atoms with Gasteiger partial charge >= 0.3 is 0 Å². The molecule has 4 aliphatic carbocycles. The summed E-state index contributed by atoms with van der Waals surface area (Å²) in [6.07, 6.45) is 8.17. The summed E-state index contributed by atoms with van der Waals surface area (Å²) in [4.78, 5) is 26.5. The van der Waals surface area contributed by atoms with Gasteiger partial charge in [-0.25, -0.2) is 4.90 Å². The standard InChI is InChI=1S/C23H30N2O4/c1-28-19-4-2-18(3-5-19)25-21(26)11-20(22(25)27)24-6-7-29-23-12-15-8-16(13-23)10-17(9-15)14-23/h2-5,15-17,20,24H,6-14H2,1H3/p+1/t15?,16?,17?,20-,23?/m0/s1. The number of nitrogens with zero attached hydrogens (tertiary/aromatic N) is 1. The van der Waals surface area contributed by atoms with E-state index in [1.54, 1.807) is 31.4 Å². The first kappa shape index (κ1) is 19.1. The summed E-state index contributed by atoms with van der Waals surface area (Å²) in [7, 11) is 1.59. The van der Waals surface area contributed by atoms with Gasteiger partial charge in [-0.05, 0) is 80.5 Å². The molecule has 2 N–H and O–H groups in total. The van der Waals surface area contributed by atoms with Crippen molar-refractivity contribution in [3.63, 3.8) is 0 Å². The van der Waals surface area contributed by atoms with Gasteiger partial charge in [-0.1, -0.05) is 0 Å². The van der Waals surface area contributed by atoms with E-state index in [4.69, 9.17) is 9.47 Å². The Morgan fingerprint density at radius 3 is 2.24 bits per heavy atom. The molecular formula is C23H31N2O4+. The lowest BCUT2D eigenvalue weighted by atomic mass is 9.54. The van der Waals surface area contributed by atoms with Crippen molar-refractivity contribution < 1.29 is 24.4 Å². The lowest BCUT2D eigenvalue weighted by Gasteiger charge is -2.56. The zero-order valence-corrected chi connectivity index (χ0v) is 17.1. The van der Waals surface area contributed by atoms with E-state index < -0.39 is 0 Å². The topological polar surface area (TPSA) is 72.4 Å². The van der Waals surface area contributed by atoms with Crippen molar-refractivity contribution in [2.24, 2.45) is 17.8 Å². The van der Waals surface area contributed by atoms with Gasteiger partial charge in [-0.3, -0.25) is 9.59 Å². The molecule has 4 saturated carbocycles. The second-order valence-corrected chi connectivity index (χ2v) is 9.55. The highest BCUT2D eigenvalue weighted by molar-refractivity contribution is 6.21. The number of hydrogen-bond donors (Lipinski definition) is 1. The van der Waals surface area contributed by atoms with Crippen molar-refractivity contribution >= 4 is 17.5 Å². The SMILES string of the molecule is COc1ccc(N2C(=O)C[C@H]([NH2+]CCOC34CC5CC(CC(C5)C3)C4)C2=O)cc1. The molecular weight excluding hydrogens is 368 g/mol. The molecule has 1 aliphatic heterocycles. The van der Waals surface area contributed by atoms with E-state index in [1.807, 2.05) is 5.32 Å². The molecule has 2 amide bonds. The fourth-order valence-corrected chi connectivity index (χ4v) is 6.59. The number of quaternary nitrogens is 1. The Hall–Kier alpha value is -1.92. The van der Waals surface area contributed by atoms with Gasteiger partial charge in [0, 0.05) is 0 Å². The van der Waals surface area contributed by atoms with Gasteiger partial charge < -0.3 is 14.8 Å². The second kappa shape index (κ2) is 7.40. The maximum atomic E-state index is 12.8. The van der Waals surface area contributed by atoms with E-state index in [1.165, 1.54) is 43.4 Å². The van der Waals surface area contributed by atoms with Gasteiger partial charge in [0.1, 0.15) is 5.75 Å². The van der Waals surface area contributed by atoms with E-state index in [0.29, 0.717) is 18.0 Å². The Kier molecular flexibility index (Phi) is 4.87. The van der Waals surface area contributed by atoms with Crippen molar-refractivity contribution in [1.82, 2.24) is 0 Å². The average Bonchev–Trinajstić information content (AvgIpc) is 2.98. The molecule has 5 fully saturated rings. The zero-order chi connectivity index (χ0) is 20.0. The summed E-state index contributed by atoms with van der Waals surface area (Å²) < 4.78 is 11.6. The van der Waals surface area contributed by atoms with Gasteiger partial charge in [0.2, 0.25) is 5.91 Å². The molecule has 29 heavy (non-hydrogen) atoms. The maximum Gasteiger partial charge on any atom is 0.292 e. The lowest BCUT2D eigenvalue weighted by molar-refractivity contribution is -0.676. The average molecular weight is 400 g/mol. The van der Waals surface area contributed by atoms with Crippen LogP contribution >= 0.6 is 0 Å². The molecule has 6 heteroatoms. The number of imide groups is 1. The first-order chi connectivity index (χ1) is 14.0. The fourth-order valence-electron chi connectivity index (χ4n) is 6.59. The highest BCUT2D eigenvalue weighted by atomic mass is 16.5. The van der Waals surface area contributed by atoms with Crippen LogP contribution in [-0.4, -0.2) is 43.7 Å². The van der Waals surface area contributed by atoms with Crippen LogP contribution in [0.5, 0.6) is 5.75 Å². The number of hydrogen-bond acceptors (Lipinski definition) is 4. The lowest BCUT2D eigenvalue weighted by Crippen LogP contribution is -2.92. The summed E-state index contributed by atoms with van der Waals surface area (Å²) in [6.45, 7) is 1.38. The van der Waals surface area contributed by atoms with Crippen LogP contribution in [-0.2, 0) is 14.3 Å². The number of methoxy groups -OCH3 is 1. The highest BCUT2D eigenvalue weighted by Gasteiger charge is 2.51. The molecule has 0 aromatic heterocycles. The second-order valence-electron chi connectivity index (χ2n) is 9.55. The van der Waals surface area contributed by atoms with Crippen LogP contribution in [0, 0.1) is 17.8 Å². The first-order valence-corrected chi connectivity index (χ1v) is 11.0. The molecule has 0 unspecified atom stereocenters. The van der Waals surface area contributed by atoms with Crippen LogP contribution in [0.25, 0.3) is 0 Å². The summed E-state index contributed by atoms with van der Waals surface area (Å²) in [6, 6.07) is 6.71. The minimum absolute atomic E-state index is 0.104. The van der Waals surface area contributed by atoms with E-state index >= 15 is 0 Å². The molecule has 5 aliphatic rings. The third kappa shape index (κ3) is 3.57.